The molecule has 3 aromatic rings. The van der Waals surface area contributed by atoms with Crippen LogP contribution in [0.2, 0.25) is 0 Å². The Hall–Kier alpha value is -2.62. The van der Waals surface area contributed by atoms with Crippen molar-refractivity contribution in [2.45, 2.75) is 110 Å². The summed E-state index contributed by atoms with van der Waals surface area (Å²) in [6, 6.07) is 5.11. The zero-order valence-corrected chi connectivity index (χ0v) is 24.6. The van der Waals surface area contributed by atoms with E-state index in [1.807, 2.05) is 11.5 Å². The van der Waals surface area contributed by atoms with Crippen molar-refractivity contribution in [3.05, 3.63) is 57.1 Å². The summed E-state index contributed by atoms with van der Waals surface area (Å²) >= 11 is 0. The van der Waals surface area contributed by atoms with Crippen LogP contribution in [0.1, 0.15) is 100 Å². The van der Waals surface area contributed by atoms with Gasteiger partial charge in [0, 0.05) is 54.2 Å². The summed E-state index contributed by atoms with van der Waals surface area (Å²) in [6.07, 6.45) is 12.3. The lowest BCUT2D eigenvalue weighted by molar-refractivity contribution is 0.211. The van der Waals surface area contributed by atoms with E-state index in [2.05, 4.69) is 29.3 Å². The molecule has 0 saturated carbocycles. The number of halogens is 1. The third kappa shape index (κ3) is 7.77. The second-order valence-electron chi connectivity index (χ2n) is 11.5. The number of hydrogen-bond donors (Lipinski definition) is 2. The maximum absolute atomic E-state index is 13.4. The molecule has 0 spiro atoms. The topological polar surface area (TPSA) is 102 Å². The summed E-state index contributed by atoms with van der Waals surface area (Å²) in [7, 11) is 0. The molecule has 0 radical (unpaired) electrons. The molecule has 220 valence electrons. The van der Waals surface area contributed by atoms with Crippen LogP contribution in [-0.4, -0.2) is 45.3 Å². The maximum atomic E-state index is 13.4. The van der Waals surface area contributed by atoms with Crippen molar-refractivity contribution in [1.82, 2.24) is 25.0 Å². The Morgan fingerprint density at radius 3 is 2.73 bits per heavy atom. The predicted octanol–water partition coefficient (Wildman–Crippen LogP) is 5.40. The van der Waals surface area contributed by atoms with E-state index in [0.29, 0.717) is 17.5 Å². The molecular weight excluding hydrogens is 507 g/mol. The Morgan fingerprint density at radius 2 is 1.98 bits per heavy atom. The molecule has 8 nitrogen and oxygen atoms in total. The van der Waals surface area contributed by atoms with Crippen LogP contribution in [-0.2, 0) is 19.4 Å². The van der Waals surface area contributed by atoms with Crippen molar-refractivity contribution >= 4 is 11.0 Å². The van der Waals surface area contributed by atoms with Gasteiger partial charge in [-0.05, 0) is 77.6 Å². The van der Waals surface area contributed by atoms with Crippen molar-refractivity contribution in [1.29, 1.82) is 0 Å². The molecule has 5 rings (SSSR count). The van der Waals surface area contributed by atoms with Crippen LogP contribution < -0.4 is 16.8 Å². The Labute approximate surface area is 237 Å². The number of unbranched alkanes of at least 4 members (excludes halogenated alkanes) is 3. The minimum absolute atomic E-state index is 0.161. The van der Waals surface area contributed by atoms with Crippen molar-refractivity contribution < 1.29 is 8.91 Å². The molecule has 0 amide bonds. The average molecular weight is 555 g/mol. The zero-order chi connectivity index (χ0) is 28.5. The van der Waals surface area contributed by atoms with Crippen molar-refractivity contribution in [2.24, 2.45) is 5.84 Å². The molecule has 1 saturated heterocycles. The molecule has 1 atom stereocenters. The molecule has 0 bridgehead atoms. The number of hydrogen-bond acceptors (Lipinski definition) is 7. The molecule has 2 aromatic heterocycles. The summed E-state index contributed by atoms with van der Waals surface area (Å²) in [5.74, 6) is 6.21. The van der Waals surface area contributed by atoms with Gasteiger partial charge in [-0.1, -0.05) is 37.8 Å². The summed E-state index contributed by atoms with van der Waals surface area (Å²) in [5, 5.41) is 5.15. The van der Waals surface area contributed by atoms with Gasteiger partial charge in [0.25, 0.3) is 5.56 Å². The van der Waals surface area contributed by atoms with E-state index >= 15 is 0 Å². The molecule has 3 N–H and O–H groups in total. The fraction of sp³-hybridized carbons (Fsp3) is 0.645. The summed E-state index contributed by atoms with van der Waals surface area (Å²) < 4.78 is 20.6. The van der Waals surface area contributed by atoms with Gasteiger partial charge in [0.1, 0.15) is 11.6 Å². The van der Waals surface area contributed by atoms with E-state index in [1.54, 1.807) is 6.07 Å². The van der Waals surface area contributed by atoms with Gasteiger partial charge in [0.2, 0.25) is 0 Å². The highest BCUT2D eigenvalue weighted by atomic mass is 19.1. The molecule has 0 aliphatic carbocycles. The molecule has 1 unspecified atom stereocenters. The number of fused-ring (bicyclic) bond motifs is 2. The van der Waals surface area contributed by atoms with Crippen LogP contribution >= 0.6 is 0 Å². The van der Waals surface area contributed by atoms with Crippen molar-refractivity contribution in [3.8, 4) is 0 Å². The number of nitrogens with one attached hydrogen (secondary N) is 1. The van der Waals surface area contributed by atoms with Crippen molar-refractivity contribution in [3.63, 3.8) is 0 Å². The summed E-state index contributed by atoms with van der Waals surface area (Å²) in [6.45, 7) is 9.90. The zero-order valence-electron chi connectivity index (χ0n) is 24.6. The molecule has 1 fully saturated rings. The van der Waals surface area contributed by atoms with E-state index in [4.69, 9.17) is 15.3 Å². The van der Waals surface area contributed by atoms with E-state index < -0.39 is 0 Å². The summed E-state index contributed by atoms with van der Waals surface area (Å²) in [4.78, 5) is 20.1. The van der Waals surface area contributed by atoms with Crippen LogP contribution in [0.3, 0.4) is 0 Å². The van der Waals surface area contributed by atoms with Crippen molar-refractivity contribution in [2.75, 3.05) is 19.6 Å². The average Bonchev–Trinajstić information content (AvgIpc) is 3.39. The number of piperidine rings is 1. The predicted molar refractivity (Wildman–Crippen MR) is 158 cm³/mol. The number of aromatic nitrogens is 3. The van der Waals surface area contributed by atoms with Crippen LogP contribution in [0.4, 0.5) is 4.39 Å². The number of nitrogens with two attached hydrogens (primary N) is 1. The molecule has 9 heteroatoms. The van der Waals surface area contributed by atoms with Crippen LogP contribution in [0, 0.1) is 12.7 Å². The molecule has 1 aromatic carbocycles. The molecule has 4 heterocycles. The fourth-order valence-electron chi connectivity index (χ4n) is 5.90. The smallest absolute Gasteiger partial charge is 0.256 e. The van der Waals surface area contributed by atoms with Gasteiger partial charge in [-0.15, -0.1) is 0 Å². The first-order valence-electron chi connectivity index (χ1n) is 15.2. The Morgan fingerprint density at radius 1 is 1.18 bits per heavy atom. The first kappa shape index (κ1) is 30.3. The normalized spacial score (nSPS) is 16.9. The van der Waals surface area contributed by atoms with Gasteiger partial charge < -0.3 is 9.42 Å². The minimum Gasteiger partial charge on any atom is -0.356 e. The van der Waals surface area contributed by atoms with Gasteiger partial charge in [0.05, 0.1) is 5.69 Å². The standard InChI is InChI=1S/C23H27FN4O2.C8H20N2/c1-15-18(23(29)28-10-3-2-4-21(28)25-15)9-13-27-11-7-16(8-12-27)22-19-6-5-17(24)14-20(19)30-26-22;1-3-4-5-6-7-8(2)10-9/h5-6,14,16H,2-4,7-13H2,1H3;8,10H,3-7,9H2,1-2H3. The van der Waals surface area contributed by atoms with Gasteiger partial charge in [-0.3, -0.25) is 20.6 Å². The third-order valence-corrected chi connectivity index (χ3v) is 8.47. The molecule has 2 aliphatic rings. The van der Waals surface area contributed by atoms with E-state index in [9.17, 15) is 9.18 Å². The number of aryl methyl sites for hydroxylation is 2. The number of nitrogens with zero attached hydrogens (tertiary/aromatic N) is 4. The Kier molecular flexibility index (Phi) is 11.3. The van der Waals surface area contributed by atoms with E-state index in [0.717, 1.165) is 92.9 Å². The number of rotatable bonds is 10. The summed E-state index contributed by atoms with van der Waals surface area (Å²) in [5.41, 5.74) is 6.12. The highest BCUT2D eigenvalue weighted by Gasteiger charge is 2.26. The molecule has 40 heavy (non-hydrogen) atoms. The second-order valence-corrected chi connectivity index (χ2v) is 11.5. The van der Waals surface area contributed by atoms with Gasteiger partial charge in [0.15, 0.2) is 5.58 Å². The minimum atomic E-state index is -0.303. The second kappa shape index (κ2) is 14.8. The first-order valence-corrected chi connectivity index (χ1v) is 15.2. The van der Waals surface area contributed by atoms with Gasteiger partial charge in [-0.25, -0.2) is 9.37 Å². The van der Waals surface area contributed by atoms with Crippen LogP contribution in [0.15, 0.2) is 27.5 Å². The number of benzene rings is 1. The van der Waals surface area contributed by atoms with Gasteiger partial charge >= 0.3 is 0 Å². The van der Waals surface area contributed by atoms with Crippen LogP contribution in [0.5, 0.6) is 0 Å². The molecular formula is C31H47FN6O2. The van der Waals surface area contributed by atoms with E-state index in [-0.39, 0.29) is 11.4 Å². The van der Waals surface area contributed by atoms with E-state index in [1.165, 1.54) is 44.2 Å². The number of likely N-dealkylation sites (tertiary alicyclic amines) is 1. The largest absolute Gasteiger partial charge is 0.356 e. The maximum Gasteiger partial charge on any atom is 0.256 e. The SMILES string of the molecule is CCCCCCC(C)NN.Cc1nc2n(c(=O)c1CCN1CCC(c3noc4cc(F)ccc34)CC1)CCCC2. The lowest BCUT2D eigenvalue weighted by atomic mass is 9.91. The number of hydrazine groups is 1. The van der Waals surface area contributed by atoms with Gasteiger partial charge in [-0.2, -0.15) is 0 Å². The third-order valence-electron chi connectivity index (χ3n) is 8.47. The first-order chi connectivity index (χ1) is 19.4. The highest BCUT2D eigenvalue weighted by Crippen LogP contribution is 2.32. The Bertz CT molecular complexity index is 1280. The monoisotopic (exact) mass is 554 g/mol. The lowest BCUT2D eigenvalue weighted by Crippen LogP contribution is -2.37. The Balaban J connectivity index is 0.000000318. The molecule has 2 aliphatic heterocycles. The lowest BCUT2D eigenvalue weighted by Gasteiger charge is -2.31. The van der Waals surface area contributed by atoms with Crippen LogP contribution in [0.25, 0.3) is 11.0 Å². The fourth-order valence-corrected chi connectivity index (χ4v) is 5.90. The quantitative estimate of drug-likeness (QED) is 0.197. The highest BCUT2D eigenvalue weighted by molar-refractivity contribution is 5.79.